The van der Waals surface area contributed by atoms with Crippen LogP contribution >= 0.6 is 0 Å². The van der Waals surface area contributed by atoms with Gasteiger partial charge in [-0.2, -0.15) is 0 Å². The summed E-state index contributed by atoms with van der Waals surface area (Å²) in [7, 11) is 4.34. The molecule has 2 aromatic carbocycles. The number of nitrogens with zero attached hydrogens (tertiary/aromatic N) is 4. The zero-order valence-corrected chi connectivity index (χ0v) is 20.8. The van der Waals surface area contributed by atoms with E-state index < -0.39 is 0 Å². The molecule has 5 rings (SSSR count). The molecule has 6 heteroatoms. The highest BCUT2D eigenvalue weighted by molar-refractivity contribution is 5.57. The zero-order valence-electron chi connectivity index (χ0n) is 20.8. The summed E-state index contributed by atoms with van der Waals surface area (Å²) in [6.45, 7) is 8.35. The molecule has 1 unspecified atom stereocenters. The molecule has 6 nitrogen and oxygen atoms in total. The fourth-order valence-electron chi connectivity index (χ4n) is 5.77. The Morgan fingerprint density at radius 1 is 0.912 bits per heavy atom. The minimum atomic E-state index is -0.344. The van der Waals surface area contributed by atoms with E-state index in [1.165, 1.54) is 35.3 Å². The van der Waals surface area contributed by atoms with Gasteiger partial charge in [0.15, 0.2) is 0 Å². The number of fused-ring (bicyclic) bond motifs is 2. The van der Waals surface area contributed by atoms with Crippen molar-refractivity contribution in [1.82, 2.24) is 14.7 Å². The van der Waals surface area contributed by atoms with Crippen LogP contribution in [0.3, 0.4) is 0 Å². The van der Waals surface area contributed by atoms with Gasteiger partial charge in [0.05, 0.1) is 6.10 Å². The Morgan fingerprint density at radius 2 is 1.68 bits per heavy atom. The average Bonchev–Trinajstić information content (AvgIpc) is 2.97. The van der Waals surface area contributed by atoms with Crippen LogP contribution in [0.2, 0.25) is 0 Å². The van der Waals surface area contributed by atoms with Crippen molar-refractivity contribution in [3.05, 3.63) is 59.2 Å². The van der Waals surface area contributed by atoms with Crippen molar-refractivity contribution in [2.24, 2.45) is 0 Å². The molecule has 34 heavy (non-hydrogen) atoms. The Kier molecular flexibility index (Phi) is 7.40. The smallest absolute Gasteiger partial charge is 0.121 e. The summed E-state index contributed by atoms with van der Waals surface area (Å²) in [4.78, 5) is 9.50. The van der Waals surface area contributed by atoms with Crippen LogP contribution in [0.1, 0.15) is 29.5 Å². The summed E-state index contributed by atoms with van der Waals surface area (Å²) < 4.78 is 6.35. The summed E-state index contributed by atoms with van der Waals surface area (Å²) in [5.74, 6) is 0.977. The van der Waals surface area contributed by atoms with Gasteiger partial charge in [0.2, 0.25) is 0 Å². The lowest BCUT2D eigenvalue weighted by Gasteiger charge is -2.32. The molecule has 0 amide bonds. The van der Waals surface area contributed by atoms with E-state index in [0.29, 0.717) is 6.54 Å². The van der Waals surface area contributed by atoms with Crippen LogP contribution in [0, 0.1) is 0 Å². The van der Waals surface area contributed by atoms with Gasteiger partial charge in [0.1, 0.15) is 11.9 Å². The van der Waals surface area contributed by atoms with Gasteiger partial charge in [-0.05, 0) is 55.6 Å². The fourth-order valence-corrected chi connectivity index (χ4v) is 5.77. The number of hydrogen-bond donors (Lipinski definition) is 1. The molecular formula is C28H40N4O2. The minimum absolute atomic E-state index is 0.279. The predicted molar refractivity (Wildman–Crippen MR) is 138 cm³/mol. The molecule has 0 aliphatic carbocycles. The van der Waals surface area contributed by atoms with Gasteiger partial charge in [0, 0.05) is 71.2 Å². The summed E-state index contributed by atoms with van der Waals surface area (Å²) in [5.41, 5.74) is 5.43. The number of likely N-dealkylation sites (tertiary alicyclic amines) is 1. The molecule has 0 spiro atoms. The van der Waals surface area contributed by atoms with E-state index in [4.69, 9.17) is 4.74 Å². The van der Waals surface area contributed by atoms with Gasteiger partial charge in [-0.3, -0.25) is 9.80 Å². The molecule has 2 atom stereocenters. The SMILES string of the molecule is CN1CCCC(Oc2ccc3c(c2)N(C)CCN(C[C@H](O)CN2CCc4ccccc4C2)C3)C1. The first-order valence-corrected chi connectivity index (χ1v) is 12.9. The van der Waals surface area contributed by atoms with Gasteiger partial charge >= 0.3 is 0 Å². The Hall–Kier alpha value is -2.12. The molecule has 1 fully saturated rings. The Bertz CT molecular complexity index is 967. The maximum Gasteiger partial charge on any atom is 0.121 e. The van der Waals surface area contributed by atoms with E-state index in [1.807, 2.05) is 0 Å². The van der Waals surface area contributed by atoms with Crippen molar-refractivity contribution in [2.45, 2.75) is 44.6 Å². The average molecular weight is 465 g/mol. The van der Waals surface area contributed by atoms with Crippen molar-refractivity contribution in [1.29, 1.82) is 0 Å². The predicted octanol–water partition coefficient (Wildman–Crippen LogP) is 2.83. The molecule has 0 aromatic heterocycles. The third kappa shape index (κ3) is 5.74. The number of rotatable bonds is 6. The molecule has 0 saturated carbocycles. The van der Waals surface area contributed by atoms with E-state index in [0.717, 1.165) is 64.4 Å². The summed E-state index contributed by atoms with van der Waals surface area (Å²) in [5, 5.41) is 10.9. The van der Waals surface area contributed by atoms with E-state index in [1.54, 1.807) is 0 Å². The molecular weight excluding hydrogens is 424 g/mol. The third-order valence-corrected chi connectivity index (χ3v) is 7.65. The highest BCUT2D eigenvalue weighted by Gasteiger charge is 2.24. The molecule has 3 aliphatic rings. The van der Waals surface area contributed by atoms with Crippen LogP contribution in [0.5, 0.6) is 5.75 Å². The molecule has 0 bridgehead atoms. The molecule has 1 saturated heterocycles. The van der Waals surface area contributed by atoms with Crippen LogP contribution < -0.4 is 9.64 Å². The first-order valence-electron chi connectivity index (χ1n) is 12.9. The van der Waals surface area contributed by atoms with E-state index >= 15 is 0 Å². The number of aliphatic hydroxyl groups is 1. The van der Waals surface area contributed by atoms with Crippen LogP contribution in [-0.2, 0) is 19.5 Å². The summed E-state index contributed by atoms with van der Waals surface area (Å²) in [6, 6.07) is 15.3. The Morgan fingerprint density at radius 3 is 2.50 bits per heavy atom. The normalized spacial score (nSPS) is 23.1. The summed E-state index contributed by atoms with van der Waals surface area (Å²) >= 11 is 0. The second-order valence-electron chi connectivity index (χ2n) is 10.5. The molecule has 2 aromatic rings. The van der Waals surface area contributed by atoms with Crippen molar-refractivity contribution in [3.8, 4) is 5.75 Å². The number of anilines is 1. The minimum Gasteiger partial charge on any atom is -0.489 e. The fraction of sp³-hybridized carbons (Fsp3) is 0.571. The topological polar surface area (TPSA) is 42.4 Å². The highest BCUT2D eigenvalue weighted by Crippen LogP contribution is 2.30. The van der Waals surface area contributed by atoms with Crippen molar-refractivity contribution < 1.29 is 9.84 Å². The van der Waals surface area contributed by atoms with Gasteiger partial charge in [0.25, 0.3) is 0 Å². The number of benzene rings is 2. The zero-order chi connectivity index (χ0) is 23.5. The lowest BCUT2D eigenvalue weighted by atomic mass is 10.00. The van der Waals surface area contributed by atoms with Gasteiger partial charge < -0.3 is 19.6 Å². The third-order valence-electron chi connectivity index (χ3n) is 7.65. The standard InChI is InChI=1S/C28H40N4O2/c1-29-12-5-8-27(21-29)34-26-10-9-24-18-32(15-14-30(2)28(24)16-26)20-25(33)19-31-13-11-22-6-3-4-7-23(22)17-31/h3-4,6-7,9-10,16,25,27,33H,5,8,11-15,17-21H2,1-2H3/t25-,27?/m1/s1. The maximum atomic E-state index is 10.9. The number of ether oxygens (including phenoxy) is 1. The first kappa shape index (κ1) is 23.6. The molecule has 1 N–H and O–H groups in total. The van der Waals surface area contributed by atoms with E-state index in [9.17, 15) is 5.11 Å². The van der Waals surface area contributed by atoms with E-state index in [-0.39, 0.29) is 12.2 Å². The molecule has 184 valence electrons. The number of hydrogen-bond acceptors (Lipinski definition) is 6. The Balaban J connectivity index is 1.18. The van der Waals surface area contributed by atoms with Gasteiger partial charge in [-0.1, -0.05) is 30.3 Å². The lowest BCUT2D eigenvalue weighted by molar-refractivity contribution is 0.0682. The largest absolute Gasteiger partial charge is 0.489 e. The quantitative estimate of drug-likeness (QED) is 0.709. The van der Waals surface area contributed by atoms with Crippen LogP contribution in [0.4, 0.5) is 5.69 Å². The van der Waals surface area contributed by atoms with Gasteiger partial charge in [-0.25, -0.2) is 0 Å². The second-order valence-corrected chi connectivity index (χ2v) is 10.5. The number of aliphatic hydroxyl groups excluding tert-OH is 1. The molecule has 3 heterocycles. The van der Waals surface area contributed by atoms with Gasteiger partial charge in [-0.15, -0.1) is 0 Å². The second kappa shape index (κ2) is 10.6. The van der Waals surface area contributed by atoms with E-state index in [2.05, 4.69) is 76.2 Å². The Labute approximate surface area is 204 Å². The van der Waals surface area contributed by atoms with Crippen LogP contribution in [0.15, 0.2) is 42.5 Å². The molecule has 3 aliphatic heterocycles. The van der Waals surface area contributed by atoms with Crippen molar-refractivity contribution in [2.75, 3.05) is 64.8 Å². The van der Waals surface area contributed by atoms with Crippen LogP contribution in [-0.4, -0.2) is 91.9 Å². The monoisotopic (exact) mass is 464 g/mol. The summed E-state index contributed by atoms with van der Waals surface area (Å²) in [6.07, 6.45) is 3.34. The number of likely N-dealkylation sites (N-methyl/N-ethyl adjacent to an activating group) is 2. The van der Waals surface area contributed by atoms with Crippen molar-refractivity contribution in [3.63, 3.8) is 0 Å². The number of piperidine rings is 1. The molecule has 0 radical (unpaired) electrons. The first-order chi connectivity index (χ1) is 16.5. The van der Waals surface area contributed by atoms with Crippen molar-refractivity contribution >= 4 is 5.69 Å². The highest BCUT2D eigenvalue weighted by atomic mass is 16.5. The number of β-amino-alcohol motifs (C(OH)–C–C–N with tert-alkyl or cyclic N) is 1. The lowest BCUT2D eigenvalue weighted by Crippen LogP contribution is -2.42. The maximum absolute atomic E-state index is 10.9. The van der Waals surface area contributed by atoms with Crippen LogP contribution in [0.25, 0.3) is 0 Å².